The van der Waals surface area contributed by atoms with E-state index in [9.17, 15) is 14.4 Å². The van der Waals surface area contributed by atoms with Gasteiger partial charge in [0.15, 0.2) is 16.8 Å². The number of aryl methyl sites for hydroxylation is 1. The van der Waals surface area contributed by atoms with Gasteiger partial charge in [-0.1, -0.05) is 60.0 Å². The molecule has 12 heteroatoms. The first-order valence-electron chi connectivity index (χ1n) is 12.8. The van der Waals surface area contributed by atoms with Crippen molar-refractivity contribution in [1.29, 1.82) is 0 Å². The van der Waals surface area contributed by atoms with E-state index in [0.29, 0.717) is 31.4 Å². The number of nitrogens with zero attached hydrogens (tertiary/aromatic N) is 5. The van der Waals surface area contributed by atoms with Crippen molar-refractivity contribution in [3.63, 3.8) is 0 Å². The number of carbonyl (C=O) groups excluding carboxylic acids is 2. The molecule has 0 fully saturated rings. The Morgan fingerprint density at radius 3 is 2.60 bits per heavy atom. The molecule has 4 aromatic rings. The van der Waals surface area contributed by atoms with Crippen LogP contribution < -0.4 is 10.9 Å². The Morgan fingerprint density at radius 2 is 1.85 bits per heavy atom. The van der Waals surface area contributed by atoms with Crippen molar-refractivity contribution in [3.8, 4) is 16.9 Å². The fourth-order valence-corrected chi connectivity index (χ4v) is 5.15. The van der Waals surface area contributed by atoms with Gasteiger partial charge < -0.3 is 5.32 Å². The van der Waals surface area contributed by atoms with Gasteiger partial charge in [-0.15, -0.1) is 5.10 Å². The molecule has 2 atom stereocenters. The first-order chi connectivity index (χ1) is 19.2. The number of amides is 1. The molecule has 0 bridgehead atoms. The lowest BCUT2D eigenvalue weighted by Crippen LogP contribution is -2.31. The summed E-state index contributed by atoms with van der Waals surface area (Å²) in [6.45, 7) is 1.84. The van der Waals surface area contributed by atoms with Crippen molar-refractivity contribution in [3.05, 3.63) is 86.9 Å². The van der Waals surface area contributed by atoms with Crippen molar-refractivity contribution in [2.45, 2.75) is 45.1 Å². The van der Waals surface area contributed by atoms with E-state index in [-0.39, 0.29) is 51.1 Å². The van der Waals surface area contributed by atoms with Gasteiger partial charge in [0.2, 0.25) is 5.91 Å². The lowest BCUT2D eigenvalue weighted by Gasteiger charge is -2.22. The molecule has 0 saturated heterocycles. The minimum absolute atomic E-state index is 0.0164. The van der Waals surface area contributed by atoms with E-state index in [2.05, 4.69) is 20.6 Å². The van der Waals surface area contributed by atoms with Gasteiger partial charge in [0, 0.05) is 24.1 Å². The van der Waals surface area contributed by atoms with Crippen LogP contribution in [0.25, 0.3) is 16.9 Å². The monoisotopic (exact) mass is 582 g/mol. The highest BCUT2D eigenvalue weighted by Crippen LogP contribution is 2.32. The Morgan fingerprint density at radius 1 is 1.05 bits per heavy atom. The zero-order valence-electron chi connectivity index (χ0n) is 21.5. The second-order valence-corrected chi connectivity index (χ2v) is 10.5. The van der Waals surface area contributed by atoms with Crippen molar-refractivity contribution in [2.24, 2.45) is 5.92 Å². The highest BCUT2D eigenvalue weighted by atomic mass is 35.5. The van der Waals surface area contributed by atoms with Crippen LogP contribution in [0.3, 0.4) is 0 Å². The summed E-state index contributed by atoms with van der Waals surface area (Å²) in [5.41, 5.74) is 1.19. The number of halogens is 3. The van der Waals surface area contributed by atoms with Crippen LogP contribution in [0.2, 0.25) is 10.2 Å². The van der Waals surface area contributed by atoms with Gasteiger partial charge in [0.1, 0.15) is 0 Å². The van der Waals surface area contributed by atoms with Crippen molar-refractivity contribution in [1.82, 2.24) is 24.5 Å². The zero-order chi connectivity index (χ0) is 28.4. The molecule has 9 nitrogen and oxygen atoms in total. The van der Waals surface area contributed by atoms with Crippen molar-refractivity contribution >= 4 is 40.6 Å². The Kier molecular flexibility index (Phi) is 8.09. The molecule has 5 rings (SSSR count). The molecule has 2 aromatic heterocycles. The van der Waals surface area contributed by atoms with Crippen LogP contribution in [0, 0.1) is 11.7 Å². The van der Waals surface area contributed by atoms with Gasteiger partial charge in [0.25, 0.3) is 5.56 Å². The summed E-state index contributed by atoms with van der Waals surface area (Å²) >= 11 is 12.0. The Labute approximate surface area is 238 Å². The molecule has 0 saturated carbocycles. The maximum Gasteiger partial charge on any atom is 0.254 e. The first kappa shape index (κ1) is 27.7. The number of Topliss-reactive ketones (excluding diaryl/α,β-unsaturated/α-hetero) is 1. The van der Waals surface area contributed by atoms with E-state index in [1.54, 1.807) is 0 Å². The molecule has 1 N–H and O–H groups in total. The molecular formula is C28H25Cl2FN6O3. The fourth-order valence-electron chi connectivity index (χ4n) is 4.86. The van der Waals surface area contributed by atoms with Crippen LogP contribution in [-0.4, -0.2) is 36.2 Å². The van der Waals surface area contributed by atoms with Gasteiger partial charge in [0.05, 0.1) is 40.5 Å². The number of rotatable bonds is 3. The largest absolute Gasteiger partial charge is 0.326 e. The molecule has 1 aliphatic rings. The van der Waals surface area contributed by atoms with E-state index in [1.165, 1.54) is 40.0 Å². The zero-order valence-corrected chi connectivity index (χ0v) is 23.0. The molecule has 0 unspecified atom stereocenters. The maximum absolute atomic E-state index is 15.3. The molecule has 40 heavy (non-hydrogen) atoms. The second kappa shape index (κ2) is 11.7. The standard InChI is InChI=1S/C28H25Cl2FN6O3/c1-16-5-4-8-21(23(38)12-9-17-6-2-3-7-19(17)33-28(16)40)36-15-32-20(13-25(36)39)26-22(11-10-18(29)27(26)31)37-14-24(30)34-35-37/h2-3,6-7,10-11,13-16,21H,4-5,8-9,12H2,1H3,(H,33,40)/t16-,21+/m1/s1. The lowest BCUT2D eigenvalue weighted by atomic mass is 9.94. The highest BCUT2D eigenvalue weighted by molar-refractivity contribution is 6.31. The van der Waals surface area contributed by atoms with E-state index < -0.39 is 17.4 Å². The normalized spacial score (nSPS) is 18.4. The average molecular weight is 583 g/mol. The summed E-state index contributed by atoms with van der Waals surface area (Å²) < 4.78 is 17.8. The SMILES string of the molecule is C[C@@H]1CCC[C@H](n2cnc(-c3c(-n4cc(Cl)nn4)ccc(Cl)c3F)cc2=O)C(=O)CCc2ccccc2NC1=O. The Balaban J connectivity index is 1.50. The number of para-hydroxylation sites is 1. The number of fused-ring (bicyclic) bond motifs is 1. The quantitative estimate of drug-likeness (QED) is 0.344. The van der Waals surface area contributed by atoms with Crippen LogP contribution in [0.15, 0.2) is 59.8 Å². The van der Waals surface area contributed by atoms with Crippen LogP contribution in [0.4, 0.5) is 10.1 Å². The molecular weight excluding hydrogens is 558 g/mol. The highest BCUT2D eigenvalue weighted by Gasteiger charge is 2.26. The molecule has 0 radical (unpaired) electrons. The number of nitrogens with one attached hydrogen (secondary N) is 1. The third-order valence-electron chi connectivity index (χ3n) is 7.06. The number of hydrogen-bond acceptors (Lipinski definition) is 6. The Hall–Kier alpha value is -3.89. The van der Waals surface area contributed by atoms with Crippen LogP contribution in [0.5, 0.6) is 0 Å². The minimum Gasteiger partial charge on any atom is -0.326 e. The minimum atomic E-state index is -0.788. The summed E-state index contributed by atoms with van der Waals surface area (Å²) in [7, 11) is 0. The van der Waals surface area contributed by atoms with E-state index in [0.717, 1.165) is 5.56 Å². The third-order valence-corrected chi connectivity index (χ3v) is 7.53. The number of hydrogen-bond donors (Lipinski definition) is 1. The predicted octanol–water partition coefficient (Wildman–Crippen LogP) is 5.44. The summed E-state index contributed by atoms with van der Waals surface area (Å²) in [5, 5.41) is 10.5. The van der Waals surface area contributed by atoms with Gasteiger partial charge in [-0.25, -0.2) is 14.1 Å². The predicted molar refractivity (Wildman–Crippen MR) is 149 cm³/mol. The van der Waals surface area contributed by atoms with Gasteiger partial charge >= 0.3 is 0 Å². The summed E-state index contributed by atoms with van der Waals surface area (Å²) in [4.78, 5) is 43.9. The number of benzene rings is 2. The summed E-state index contributed by atoms with van der Waals surface area (Å²) in [6.07, 6.45) is 4.65. The third kappa shape index (κ3) is 5.68. The van der Waals surface area contributed by atoms with Crippen LogP contribution in [-0.2, 0) is 16.0 Å². The molecule has 206 valence electrons. The second-order valence-electron chi connectivity index (χ2n) is 9.72. The lowest BCUT2D eigenvalue weighted by molar-refractivity contribution is -0.122. The topological polar surface area (TPSA) is 112 Å². The number of ketones is 1. The molecule has 2 aromatic carbocycles. The summed E-state index contributed by atoms with van der Waals surface area (Å²) in [6, 6.07) is 10.6. The average Bonchev–Trinajstić information content (AvgIpc) is 3.37. The molecule has 0 spiro atoms. The van der Waals surface area contributed by atoms with Crippen LogP contribution in [0.1, 0.15) is 44.2 Å². The number of aromatic nitrogens is 5. The van der Waals surface area contributed by atoms with Gasteiger partial charge in [-0.2, -0.15) is 0 Å². The fraction of sp³-hybridized carbons (Fsp3) is 0.286. The maximum atomic E-state index is 15.3. The van der Waals surface area contributed by atoms with E-state index in [1.807, 2.05) is 31.2 Å². The van der Waals surface area contributed by atoms with Gasteiger partial charge in [-0.3, -0.25) is 19.0 Å². The molecule has 0 aliphatic carbocycles. The van der Waals surface area contributed by atoms with Crippen molar-refractivity contribution in [2.75, 3.05) is 5.32 Å². The molecule has 1 aliphatic heterocycles. The first-order valence-corrected chi connectivity index (χ1v) is 13.5. The Bertz CT molecular complexity index is 1650. The summed E-state index contributed by atoms with van der Waals surface area (Å²) in [5.74, 6) is -1.29. The van der Waals surface area contributed by atoms with Crippen molar-refractivity contribution < 1.29 is 14.0 Å². The number of anilines is 1. The smallest absolute Gasteiger partial charge is 0.254 e. The van der Waals surface area contributed by atoms with Gasteiger partial charge in [-0.05, 0) is 43.0 Å². The van der Waals surface area contributed by atoms with Crippen LogP contribution >= 0.6 is 23.2 Å². The van der Waals surface area contributed by atoms with E-state index in [4.69, 9.17) is 23.2 Å². The molecule has 1 amide bonds. The number of carbonyl (C=O) groups is 2. The van der Waals surface area contributed by atoms with E-state index >= 15 is 4.39 Å². The molecule has 3 heterocycles.